The van der Waals surface area contributed by atoms with Gasteiger partial charge in [-0.2, -0.15) is 0 Å². The summed E-state index contributed by atoms with van der Waals surface area (Å²) in [4.78, 5) is 9.13. The Balaban J connectivity index is 2.37. The van der Waals surface area contributed by atoms with Crippen molar-refractivity contribution in [3.05, 3.63) is 45.6 Å². The van der Waals surface area contributed by atoms with Crippen LogP contribution in [0.2, 0.25) is 5.02 Å². The van der Waals surface area contributed by atoms with Crippen molar-refractivity contribution in [3.63, 3.8) is 0 Å². The van der Waals surface area contributed by atoms with E-state index in [9.17, 15) is 0 Å². The molecule has 0 aliphatic rings. The van der Waals surface area contributed by atoms with Gasteiger partial charge in [-0.15, -0.1) is 11.3 Å². The van der Waals surface area contributed by atoms with E-state index in [1.807, 2.05) is 11.4 Å². The zero-order chi connectivity index (χ0) is 10.7. The zero-order valence-corrected chi connectivity index (χ0v) is 9.29. The number of nitrogens with two attached hydrogens (primary N) is 1. The fourth-order valence-corrected chi connectivity index (χ4v) is 2.50. The predicted octanol–water partition coefficient (Wildman–Crippen LogP) is 1.74. The summed E-state index contributed by atoms with van der Waals surface area (Å²) in [5, 5.41) is 2.60. The fraction of sp³-hybridized carbons (Fsp3) is 0.111. The Kier molecular flexibility index (Phi) is 3.27. The lowest BCUT2D eigenvalue weighted by atomic mass is 10.2. The fourth-order valence-electron chi connectivity index (χ4n) is 1.27. The second kappa shape index (κ2) is 4.67. The van der Waals surface area contributed by atoms with Gasteiger partial charge in [0.25, 0.3) is 0 Å². The van der Waals surface area contributed by atoms with Crippen molar-refractivity contribution in [2.24, 2.45) is 5.84 Å². The smallest absolute Gasteiger partial charge is 0.100 e. The van der Waals surface area contributed by atoms with Crippen LogP contribution in [0.15, 0.2) is 30.0 Å². The van der Waals surface area contributed by atoms with Crippen LogP contribution in [-0.4, -0.2) is 9.97 Å². The van der Waals surface area contributed by atoms with Gasteiger partial charge in [0.15, 0.2) is 0 Å². The Morgan fingerprint density at radius 1 is 1.47 bits per heavy atom. The molecule has 2 aromatic heterocycles. The van der Waals surface area contributed by atoms with E-state index in [4.69, 9.17) is 17.4 Å². The van der Waals surface area contributed by atoms with Crippen LogP contribution in [0.4, 0.5) is 0 Å². The van der Waals surface area contributed by atoms with Gasteiger partial charge in [0.1, 0.15) is 6.04 Å². The highest BCUT2D eigenvalue weighted by Gasteiger charge is 2.17. The Bertz CT molecular complexity index is 431. The third-order valence-electron chi connectivity index (χ3n) is 1.95. The van der Waals surface area contributed by atoms with Gasteiger partial charge in [-0.1, -0.05) is 11.6 Å². The van der Waals surface area contributed by atoms with Gasteiger partial charge in [-0.3, -0.25) is 15.8 Å². The largest absolute Gasteiger partial charge is 0.270 e. The molecule has 2 heterocycles. The molecule has 1 unspecified atom stereocenters. The van der Waals surface area contributed by atoms with Crippen LogP contribution < -0.4 is 11.3 Å². The van der Waals surface area contributed by atoms with Gasteiger partial charge < -0.3 is 0 Å². The molecule has 0 bridgehead atoms. The molecule has 0 amide bonds. The minimum atomic E-state index is -0.203. The molecule has 0 aromatic carbocycles. The van der Waals surface area contributed by atoms with Crippen LogP contribution in [0.3, 0.4) is 0 Å². The van der Waals surface area contributed by atoms with Gasteiger partial charge in [0.2, 0.25) is 0 Å². The molecule has 6 heteroatoms. The molecule has 2 rings (SSSR count). The van der Waals surface area contributed by atoms with Crippen LogP contribution in [0.1, 0.15) is 16.6 Å². The molecule has 0 saturated heterocycles. The maximum absolute atomic E-state index is 6.03. The predicted molar refractivity (Wildman–Crippen MR) is 60.5 cm³/mol. The van der Waals surface area contributed by atoms with Gasteiger partial charge in [-0.05, 0) is 11.4 Å². The lowest BCUT2D eigenvalue weighted by Crippen LogP contribution is -2.29. The van der Waals surface area contributed by atoms with Crippen molar-refractivity contribution in [2.75, 3.05) is 0 Å². The third-order valence-corrected chi connectivity index (χ3v) is 3.38. The summed E-state index contributed by atoms with van der Waals surface area (Å²) in [5.74, 6) is 5.50. The Labute approximate surface area is 96.1 Å². The van der Waals surface area contributed by atoms with Crippen LogP contribution in [0, 0.1) is 0 Å². The number of hydrogen-bond donors (Lipinski definition) is 2. The molecule has 1 atom stereocenters. The van der Waals surface area contributed by atoms with E-state index in [0.717, 1.165) is 10.6 Å². The summed E-state index contributed by atoms with van der Waals surface area (Å²) in [6, 6.07) is 1.63. The summed E-state index contributed by atoms with van der Waals surface area (Å²) in [5.41, 5.74) is 3.44. The number of halogens is 1. The highest BCUT2D eigenvalue weighted by Crippen LogP contribution is 2.31. The highest BCUT2D eigenvalue weighted by atomic mass is 35.5. The minimum absolute atomic E-state index is 0.203. The molecule has 4 nitrogen and oxygen atoms in total. The van der Waals surface area contributed by atoms with Crippen molar-refractivity contribution in [1.29, 1.82) is 0 Å². The maximum atomic E-state index is 6.03. The molecule has 2 aromatic rings. The van der Waals surface area contributed by atoms with Crippen molar-refractivity contribution in [2.45, 2.75) is 6.04 Å². The number of thiophene rings is 1. The number of hydrogen-bond acceptors (Lipinski definition) is 5. The van der Waals surface area contributed by atoms with Crippen LogP contribution in [0.25, 0.3) is 0 Å². The standard InChI is InChI=1S/C9H9ClN4S/c10-6-1-4-15-9(6)8(14-11)7-5-12-2-3-13-7/h1-5,8,14H,11H2. The van der Waals surface area contributed by atoms with E-state index in [2.05, 4.69) is 15.4 Å². The molecule has 0 radical (unpaired) electrons. The van der Waals surface area contributed by atoms with Crippen molar-refractivity contribution >= 4 is 22.9 Å². The van der Waals surface area contributed by atoms with Crippen LogP contribution in [-0.2, 0) is 0 Å². The van der Waals surface area contributed by atoms with Crippen molar-refractivity contribution in [3.8, 4) is 0 Å². The second-order valence-electron chi connectivity index (χ2n) is 2.86. The zero-order valence-electron chi connectivity index (χ0n) is 7.72. The molecule has 0 aliphatic heterocycles. The number of aromatic nitrogens is 2. The maximum Gasteiger partial charge on any atom is 0.100 e. The third kappa shape index (κ3) is 2.15. The summed E-state index contributed by atoms with van der Waals surface area (Å²) < 4.78 is 0. The first-order valence-electron chi connectivity index (χ1n) is 4.28. The first-order chi connectivity index (χ1) is 7.33. The number of rotatable bonds is 3. The lowest BCUT2D eigenvalue weighted by molar-refractivity contribution is 0.627. The normalized spacial score (nSPS) is 12.7. The van der Waals surface area contributed by atoms with Gasteiger partial charge in [0, 0.05) is 17.3 Å². The van der Waals surface area contributed by atoms with Gasteiger partial charge in [0.05, 0.1) is 16.9 Å². The molecule has 15 heavy (non-hydrogen) atoms. The molecular formula is C9H9ClN4S. The van der Waals surface area contributed by atoms with E-state index in [0.29, 0.717) is 5.02 Å². The topological polar surface area (TPSA) is 63.8 Å². The average molecular weight is 241 g/mol. The van der Waals surface area contributed by atoms with Crippen molar-refractivity contribution < 1.29 is 0 Å². The van der Waals surface area contributed by atoms with E-state index < -0.39 is 0 Å². The van der Waals surface area contributed by atoms with E-state index in [-0.39, 0.29) is 6.04 Å². The molecule has 0 aliphatic carbocycles. The summed E-state index contributed by atoms with van der Waals surface area (Å²) in [6.45, 7) is 0. The molecule has 0 fully saturated rings. The quantitative estimate of drug-likeness (QED) is 0.634. The molecule has 3 N–H and O–H groups in total. The monoisotopic (exact) mass is 240 g/mol. The first kappa shape index (κ1) is 10.5. The van der Waals surface area contributed by atoms with Gasteiger partial charge >= 0.3 is 0 Å². The van der Waals surface area contributed by atoms with E-state index in [1.165, 1.54) is 11.3 Å². The number of hydrazine groups is 1. The van der Waals surface area contributed by atoms with Crippen LogP contribution in [0.5, 0.6) is 0 Å². The summed E-state index contributed by atoms with van der Waals surface area (Å²) in [7, 11) is 0. The molecule has 0 saturated carbocycles. The summed E-state index contributed by atoms with van der Waals surface area (Å²) in [6.07, 6.45) is 4.91. The lowest BCUT2D eigenvalue weighted by Gasteiger charge is -2.13. The number of nitrogens with zero attached hydrogens (tertiary/aromatic N) is 2. The molecular weight excluding hydrogens is 232 g/mol. The van der Waals surface area contributed by atoms with Crippen molar-refractivity contribution in [1.82, 2.24) is 15.4 Å². The minimum Gasteiger partial charge on any atom is -0.270 e. The Morgan fingerprint density at radius 2 is 2.33 bits per heavy atom. The Hall–Kier alpha value is -1.01. The second-order valence-corrected chi connectivity index (χ2v) is 4.22. The highest BCUT2D eigenvalue weighted by molar-refractivity contribution is 7.10. The number of nitrogens with one attached hydrogen (secondary N) is 1. The Morgan fingerprint density at radius 3 is 2.87 bits per heavy atom. The van der Waals surface area contributed by atoms with Gasteiger partial charge in [-0.25, -0.2) is 5.43 Å². The average Bonchev–Trinajstić information content (AvgIpc) is 2.68. The van der Waals surface area contributed by atoms with Crippen LogP contribution >= 0.6 is 22.9 Å². The molecule has 78 valence electrons. The first-order valence-corrected chi connectivity index (χ1v) is 5.53. The SMILES string of the molecule is NNC(c1cnccn1)c1sccc1Cl. The molecule has 0 spiro atoms. The van der Waals surface area contributed by atoms with E-state index >= 15 is 0 Å². The summed E-state index contributed by atoms with van der Waals surface area (Å²) >= 11 is 7.56. The van der Waals surface area contributed by atoms with E-state index in [1.54, 1.807) is 18.6 Å².